The summed E-state index contributed by atoms with van der Waals surface area (Å²) >= 11 is 0. The first-order valence-electron chi connectivity index (χ1n) is 9.75. The fourth-order valence-corrected chi connectivity index (χ4v) is 3.89. The number of ether oxygens (including phenoxy) is 1. The number of benzene rings is 2. The third-order valence-electron chi connectivity index (χ3n) is 4.93. The first-order chi connectivity index (χ1) is 14.6. The highest BCUT2D eigenvalue weighted by atomic mass is 32.2. The van der Waals surface area contributed by atoms with E-state index in [9.17, 15) is 18.0 Å². The summed E-state index contributed by atoms with van der Waals surface area (Å²) in [6.45, 7) is 3.31. The molecule has 0 fully saturated rings. The fourth-order valence-electron chi connectivity index (χ4n) is 3.04. The maximum absolute atomic E-state index is 13.2. The molecular formula is C22H29N3O5S. The quantitative estimate of drug-likeness (QED) is 0.634. The Kier molecular flexibility index (Phi) is 8.04. The van der Waals surface area contributed by atoms with Crippen LogP contribution in [0.15, 0.2) is 48.5 Å². The molecule has 1 N–H and O–H groups in total. The van der Waals surface area contributed by atoms with Gasteiger partial charge in [-0.3, -0.25) is 13.9 Å². The number of nitrogens with zero attached hydrogens (tertiary/aromatic N) is 2. The molecule has 2 aromatic rings. The minimum atomic E-state index is -3.75. The SMILES string of the molecule is CNC(=O)[C@@H](C)N(Cc1ccc(C)cc1)C(=O)CN(c1ccc(OC)cc1)S(C)(=O)=O. The lowest BCUT2D eigenvalue weighted by atomic mass is 10.1. The van der Waals surface area contributed by atoms with Crippen LogP contribution >= 0.6 is 0 Å². The number of aryl methyl sites for hydroxylation is 1. The van der Waals surface area contributed by atoms with E-state index in [2.05, 4.69) is 5.32 Å². The van der Waals surface area contributed by atoms with Crippen LogP contribution in [0.5, 0.6) is 5.75 Å². The standard InChI is InChI=1S/C22H29N3O5S/c1-16-6-8-18(9-7-16)14-24(17(2)22(27)23-3)21(26)15-25(31(5,28)29)19-10-12-20(30-4)13-11-19/h6-13,17H,14-15H2,1-5H3,(H,23,27)/t17-/m1/s1. The summed E-state index contributed by atoms with van der Waals surface area (Å²) in [4.78, 5) is 26.9. The van der Waals surface area contributed by atoms with E-state index in [4.69, 9.17) is 4.74 Å². The van der Waals surface area contributed by atoms with Gasteiger partial charge in [-0.15, -0.1) is 0 Å². The molecule has 0 bridgehead atoms. The summed E-state index contributed by atoms with van der Waals surface area (Å²) in [6, 6.07) is 13.2. The van der Waals surface area contributed by atoms with Crippen molar-refractivity contribution in [2.45, 2.75) is 26.4 Å². The molecule has 0 saturated heterocycles. The Morgan fingerprint density at radius 3 is 2.13 bits per heavy atom. The number of hydrogen-bond donors (Lipinski definition) is 1. The third kappa shape index (κ3) is 6.45. The number of nitrogens with one attached hydrogen (secondary N) is 1. The zero-order valence-electron chi connectivity index (χ0n) is 18.5. The van der Waals surface area contributed by atoms with E-state index >= 15 is 0 Å². The number of sulfonamides is 1. The monoisotopic (exact) mass is 447 g/mol. The molecule has 168 valence electrons. The van der Waals surface area contributed by atoms with Crippen LogP contribution in [-0.4, -0.2) is 58.1 Å². The van der Waals surface area contributed by atoms with E-state index in [1.165, 1.54) is 19.1 Å². The molecule has 0 aromatic heterocycles. The number of methoxy groups -OCH3 is 1. The van der Waals surface area contributed by atoms with Crippen LogP contribution in [0.4, 0.5) is 5.69 Å². The van der Waals surface area contributed by atoms with Gasteiger partial charge in [-0.2, -0.15) is 0 Å². The number of likely N-dealkylation sites (N-methyl/N-ethyl adjacent to an activating group) is 1. The molecule has 0 aliphatic heterocycles. The van der Waals surface area contributed by atoms with Gasteiger partial charge in [-0.05, 0) is 43.7 Å². The van der Waals surface area contributed by atoms with Crippen molar-refractivity contribution in [1.82, 2.24) is 10.2 Å². The maximum atomic E-state index is 13.2. The Morgan fingerprint density at radius 1 is 1.06 bits per heavy atom. The highest BCUT2D eigenvalue weighted by Crippen LogP contribution is 2.22. The molecule has 0 radical (unpaired) electrons. The number of carbonyl (C=O) groups is 2. The maximum Gasteiger partial charge on any atom is 0.244 e. The molecule has 2 rings (SSSR count). The average molecular weight is 448 g/mol. The number of amides is 2. The molecule has 0 saturated carbocycles. The Hall–Kier alpha value is -3.07. The minimum absolute atomic E-state index is 0.175. The van der Waals surface area contributed by atoms with Crippen molar-refractivity contribution in [2.75, 3.05) is 31.3 Å². The molecule has 0 unspecified atom stereocenters. The van der Waals surface area contributed by atoms with Crippen molar-refractivity contribution in [1.29, 1.82) is 0 Å². The first-order valence-corrected chi connectivity index (χ1v) is 11.6. The van der Waals surface area contributed by atoms with Gasteiger partial charge in [0.2, 0.25) is 21.8 Å². The van der Waals surface area contributed by atoms with E-state index in [-0.39, 0.29) is 12.5 Å². The van der Waals surface area contributed by atoms with Gasteiger partial charge in [-0.1, -0.05) is 29.8 Å². The zero-order chi connectivity index (χ0) is 23.2. The van der Waals surface area contributed by atoms with Gasteiger partial charge in [0.05, 0.1) is 19.1 Å². The predicted molar refractivity (Wildman–Crippen MR) is 120 cm³/mol. The molecule has 8 nitrogen and oxygen atoms in total. The van der Waals surface area contributed by atoms with Crippen LogP contribution in [-0.2, 0) is 26.2 Å². The molecule has 0 spiro atoms. The molecule has 2 aromatic carbocycles. The first kappa shape index (κ1) is 24.2. The molecule has 1 atom stereocenters. The van der Waals surface area contributed by atoms with Gasteiger partial charge in [-0.25, -0.2) is 8.42 Å². The van der Waals surface area contributed by atoms with Gasteiger partial charge in [0.15, 0.2) is 0 Å². The highest BCUT2D eigenvalue weighted by molar-refractivity contribution is 7.92. The van der Waals surface area contributed by atoms with Crippen LogP contribution in [0, 0.1) is 6.92 Å². The van der Waals surface area contributed by atoms with Crippen molar-refractivity contribution in [3.8, 4) is 5.75 Å². The molecule has 31 heavy (non-hydrogen) atoms. The van der Waals surface area contributed by atoms with Crippen LogP contribution in [0.2, 0.25) is 0 Å². The minimum Gasteiger partial charge on any atom is -0.497 e. The Balaban J connectivity index is 2.35. The van der Waals surface area contributed by atoms with E-state index in [1.54, 1.807) is 31.2 Å². The van der Waals surface area contributed by atoms with E-state index in [0.717, 1.165) is 21.7 Å². The van der Waals surface area contributed by atoms with Crippen LogP contribution in [0.3, 0.4) is 0 Å². The molecule has 0 heterocycles. The smallest absolute Gasteiger partial charge is 0.244 e. The average Bonchev–Trinajstić information content (AvgIpc) is 2.75. The number of anilines is 1. The van der Waals surface area contributed by atoms with Gasteiger partial charge >= 0.3 is 0 Å². The number of hydrogen-bond acceptors (Lipinski definition) is 5. The second-order valence-corrected chi connectivity index (χ2v) is 9.17. The van der Waals surface area contributed by atoms with Crippen molar-refractivity contribution >= 4 is 27.5 Å². The largest absolute Gasteiger partial charge is 0.497 e. The second-order valence-electron chi connectivity index (χ2n) is 7.27. The van der Waals surface area contributed by atoms with Crippen LogP contribution < -0.4 is 14.4 Å². The molecule has 0 aliphatic rings. The van der Waals surface area contributed by atoms with Gasteiger partial charge in [0.1, 0.15) is 18.3 Å². The Labute approximate surface area is 183 Å². The summed E-state index contributed by atoms with van der Waals surface area (Å²) in [7, 11) is -0.748. The van der Waals surface area contributed by atoms with Crippen molar-refractivity contribution in [3.63, 3.8) is 0 Å². The highest BCUT2D eigenvalue weighted by Gasteiger charge is 2.29. The van der Waals surface area contributed by atoms with E-state index in [1.807, 2.05) is 31.2 Å². The number of rotatable bonds is 9. The molecular weight excluding hydrogens is 418 g/mol. The third-order valence-corrected chi connectivity index (χ3v) is 6.07. The summed E-state index contributed by atoms with van der Waals surface area (Å²) in [5.41, 5.74) is 2.24. The van der Waals surface area contributed by atoms with Gasteiger partial charge in [0, 0.05) is 13.6 Å². The summed E-state index contributed by atoms with van der Waals surface area (Å²) in [6.07, 6.45) is 1.04. The van der Waals surface area contributed by atoms with Crippen molar-refractivity contribution < 1.29 is 22.7 Å². The summed E-state index contributed by atoms with van der Waals surface area (Å²) < 4.78 is 31.0. The van der Waals surface area contributed by atoms with Gasteiger partial charge < -0.3 is 15.0 Å². The predicted octanol–water partition coefficient (Wildman–Crippen LogP) is 1.93. The fraction of sp³-hybridized carbons (Fsp3) is 0.364. The molecule has 2 amide bonds. The van der Waals surface area contributed by atoms with Crippen LogP contribution in [0.25, 0.3) is 0 Å². The lowest BCUT2D eigenvalue weighted by Crippen LogP contribution is -2.50. The van der Waals surface area contributed by atoms with E-state index < -0.39 is 28.5 Å². The molecule has 9 heteroatoms. The second kappa shape index (κ2) is 10.3. The zero-order valence-corrected chi connectivity index (χ0v) is 19.3. The Morgan fingerprint density at radius 2 is 1.65 bits per heavy atom. The molecule has 0 aliphatic carbocycles. The van der Waals surface area contributed by atoms with Crippen molar-refractivity contribution in [2.24, 2.45) is 0 Å². The van der Waals surface area contributed by atoms with Gasteiger partial charge in [0.25, 0.3) is 0 Å². The summed E-state index contributed by atoms with van der Waals surface area (Å²) in [5, 5.41) is 2.54. The van der Waals surface area contributed by atoms with Crippen LogP contribution in [0.1, 0.15) is 18.1 Å². The Bertz CT molecular complexity index is 1000. The normalized spacial score (nSPS) is 12.0. The topological polar surface area (TPSA) is 96.0 Å². The number of carbonyl (C=O) groups excluding carboxylic acids is 2. The summed E-state index contributed by atoms with van der Waals surface area (Å²) in [5.74, 6) is -0.258. The van der Waals surface area contributed by atoms with Crippen molar-refractivity contribution in [3.05, 3.63) is 59.7 Å². The lowest BCUT2D eigenvalue weighted by Gasteiger charge is -2.31. The van der Waals surface area contributed by atoms with E-state index in [0.29, 0.717) is 11.4 Å². The lowest BCUT2D eigenvalue weighted by molar-refractivity contribution is -0.139.